The maximum absolute atomic E-state index is 10.9. The first-order valence-corrected chi connectivity index (χ1v) is 5.17. The summed E-state index contributed by atoms with van der Waals surface area (Å²) in [5.41, 5.74) is -3.06. The molecule has 0 saturated carbocycles. The zero-order valence-corrected chi connectivity index (χ0v) is 10.3. The second-order valence-electron chi connectivity index (χ2n) is 3.55. The fourth-order valence-electron chi connectivity index (χ4n) is 1.39. The van der Waals surface area contributed by atoms with E-state index in [1.54, 1.807) is 0 Å². The molecule has 0 heterocycles. The third-order valence-corrected chi connectivity index (χ3v) is 2.30. The molecule has 21 heavy (non-hydrogen) atoms. The molecule has 0 atom stereocenters. The first-order chi connectivity index (χ1) is 9.77. The summed E-state index contributed by atoms with van der Waals surface area (Å²) in [5.74, 6) is -0.898. The minimum absolute atomic E-state index is 0.340. The minimum Gasteiger partial charge on any atom is -0.457 e. The summed E-state index contributed by atoms with van der Waals surface area (Å²) in [6.07, 6.45) is 0.797. The van der Waals surface area contributed by atoms with Crippen LogP contribution in [0, 0.1) is 30.3 Å². The number of carbonyl (C=O) groups is 1. The second-order valence-corrected chi connectivity index (χ2v) is 3.55. The Morgan fingerprint density at radius 2 is 1.52 bits per heavy atom. The molecule has 0 aromatic heterocycles. The Kier molecular flexibility index (Phi) is 4.62. The number of hydrogen-bond acceptors (Lipinski definition) is 8. The van der Waals surface area contributed by atoms with Gasteiger partial charge >= 0.3 is 17.3 Å². The molecule has 0 N–H and O–H groups in total. The molecule has 11 heteroatoms. The predicted molar refractivity (Wildman–Crippen MR) is 66.4 cm³/mol. The van der Waals surface area contributed by atoms with Crippen LogP contribution in [0.15, 0.2) is 24.8 Å². The lowest BCUT2D eigenvalue weighted by molar-refractivity contribution is -0.424. The Bertz CT molecular complexity index is 654. The van der Waals surface area contributed by atoms with Crippen LogP contribution in [-0.2, 0) is 16.1 Å². The lowest BCUT2D eigenvalue weighted by atomic mass is 10.1. The van der Waals surface area contributed by atoms with Gasteiger partial charge in [-0.1, -0.05) is 6.58 Å². The predicted octanol–water partition coefficient (Wildman–Crippen LogP) is 1.64. The van der Waals surface area contributed by atoms with Gasteiger partial charge in [-0.15, -0.1) is 0 Å². The van der Waals surface area contributed by atoms with E-state index in [1.807, 2.05) is 0 Å². The van der Waals surface area contributed by atoms with E-state index in [0.29, 0.717) is 12.1 Å². The number of hydrogen-bond donors (Lipinski definition) is 0. The van der Waals surface area contributed by atoms with Crippen LogP contribution in [0.2, 0.25) is 0 Å². The quantitative estimate of drug-likeness (QED) is 0.332. The fraction of sp³-hybridized carbons (Fsp3) is 0.100. The number of nitro benzene ring substituents is 3. The zero-order valence-electron chi connectivity index (χ0n) is 10.3. The van der Waals surface area contributed by atoms with Crippen molar-refractivity contribution in [3.63, 3.8) is 0 Å². The van der Waals surface area contributed by atoms with E-state index in [4.69, 9.17) is 0 Å². The van der Waals surface area contributed by atoms with E-state index in [1.165, 1.54) is 0 Å². The van der Waals surface area contributed by atoms with Crippen LogP contribution in [-0.4, -0.2) is 20.7 Å². The smallest absolute Gasteiger partial charge is 0.352 e. The topological polar surface area (TPSA) is 156 Å². The lowest BCUT2D eigenvalue weighted by Crippen LogP contribution is -2.06. The second kappa shape index (κ2) is 6.18. The Hall–Kier alpha value is -3.37. The molecule has 0 bridgehead atoms. The summed E-state index contributed by atoms with van der Waals surface area (Å²) in [5, 5.41) is 32.3. The molecule has 110 valence electrons. The largest absolute Gasteiger partial charge is 0.457 e. The molecule has 1 aromatic carbocycles. The van der Waals surface area contributed by atoms with E-state index >= 15 is 0 Å². The summed E-state index contributed by atoms with van der Waals surface area (Å²) in [4.78, 5) is 40.1. The highest BCUT2D eigenvalue weighted by Gasteiger charge is 2.31. The van der Waals surface area contributed by atoms with E-state index in [-0.39, 0.29) is 5.56 Å². The maximum Gasteiger partial charge on any atom is 0.352 e. The van der Waals surface area contributed by atoms with Gasteiger partial charge in [0.1, 0.15) is 12.7 Å². The van der Waals surface area contributed by atoms with Gasteiger partial charge < -0.3 is 4.74 Å². The van der Waals surface area contributed by atoms with Crippen molar-refractivity contribution in [2.45, 2.75) is 6.61 Å². The van der Waals surface area contributed by atoms with Gasteiger partial charge in [-0.25, -0.2) is 4.79 Å². The number of nitro groups is 3. The first kappa shape index (κ1) is 15.7. The van der Waals surface area contributed by atoms with Gasteiger partial charge in [0.15, 0.2) is 0 Å². The molecule has 0 spiro atoms. The normalized spacial score (nSPS) is 9.71. The molecule has 0 radical (unpaired) electrons. The van der Waals surface area contributed by atoms with Crippen molar-refractivity contribution in [2.24, 2.45) is 0 Å². The molecule has 11 nitrogen and oxygen atoms in total. The Morgan fingerprint density at radius 3 is 1.95 bits per heavy atom. The monoisotopic (exact) mass is 297 g/mol. The summed E-state index contributed by atoms with van der Waals surface area (Å²) < 4.78 is 4.55. The summed E-state index contributed by atoms with van der Waals surface area (Å²) in [7, 11) is 0. The number of esters is 1. The molecular weight excluding hydrogens is 290 g/mol. The molecule has 0 amide bonds. The van der Waals surface area contributed by atoms with Crippen LogP contribution in [0.1, 0.15) is 5.56 Å². The van der Waals surface area contributed by atoms with E-state index in [9.17, 15) is 35.1 Å². The highest BCUT2D eigenvalue weighted by atomic mass is 16.6. The third-order valence-electron chi connectivity index (χ3n) is 2.30. The number of rotatable bonds is 6. The molecule has 0 unspecified atom stereocenters. The van der Waals surface area contributed by atoms with Gasteiger partial charge in [-0.2, -0.15) is 0 Å². The molecule has 0 saturated heterocycles. The minimum atomic E-state index is -1.11. The van der Waals surface area contributed by atoms with Gasteiger partial charge in [0.05, 0.1) is 20.3 Å². The van der Waals surface area contributed by atoms with Gasteiger partial charge in [-0.3, -0.25) is 30.3 Å². The molecule has 0 aliphatic heterocycles. The summed E-state index contributed by atoms with van der Waals surface area (Å²) >= 11 is 0. The van der Waals surface area contributed by atoms with E-state index < -0.39 is 44.4 Å². The van der Waals surface area contributed by atoms with Gasteiger partial charge in [0.25, 0.3) is 5.69 Å². The van der Waals surface area contributed by atoms with Crippen molar-refractivity contribution in [2.75, 3.05) is 0 Å². The Morgan fingerprint density at radius 1 is 1.05 bits per heavy atom. The molecule has 0 aliphatic rings. The van der Waals surface area contributed by atoms with Crippen molar-refractivity contribution in [1.82, 2.24) is 0 Å². The van der Waals surface area contributed by atoms with Crippen LogP contribution < -0.4 is 0 Å². The molecule has 1 aromatic rings. The van der Waals surface area contributed by atoms with Crippen LogP contribution >= 0.6 is 0 Å². The highest BCUT2D eigenvalue weighted by molar-refractivity contribution is 5.81. The Balaban J connectivity index is 3.40. The third kappa shape index (κ3) is 3.56. The van der Waals surface area contributed by atoms with Crippen molar-refractivity contribution in [3.8, 4) is 0 Å². The average molecular weight is 297 g/mol. The van der Waals surface area contributed by atoms with Crippen LogP contribution in [0.4, 0.5) is 17.1 Å². The molecule has 1 rings (SSSR count). The van der Waals surface area contributed by atoms with Crippen molar-refractivity contribution in [3.05, 3.63) is 60.7 Å². The van der Waals surface area contributed by atoms with E-state index in [2.05, 4.69) is 11.3 Å². The van der Waals surface area contributed by atoms with Gasteiger partial charge in [0, 0.05) is 12.1 Å². The number of benzene rings is 1. The van der Waals surface area contributed by atoms with Crippen LogP contribution in [0.5, 0.6) is 0 Å². The van der Waals surface area contributed by atoms with Gasteiger partial charge in [-0.05, 0) is 0 Å². The zero-order chi connectivity index (χ0) is 16.2. The van der Waals surface area contributed by atoms with Crippen molar-refractivity contribution in [1.29, 1.82) is 0 Å². The molecule has 0 aliphatic carbocycles. The Labute approximate surface area is 115 Å². The number of carbonyl (C=O) groups excluding carboxylic acids is 1. The van der Waals surface area contributed by atoms with Crippen molar-refractivity contribution >= 4 is 23.0 Å². The molecule has 0 fully saturated rings. The standard InChI is InChI=1S/C10H7N3O8/c1-2-10(14)21-5-6-3-8(12(17)18)9(13(19)20)4-7(6)11(15)16/h2-4H,1,5H2. The SMILES string of the molecule is C=CC(=O)OCc1cc([N+](=O)[O-])c([N+](=O)[O-])cc1[N+](=O)[O-]. The van der Waals surface area contributed by atoms with Crippen LogP contribution in [0.3, 0.4) is 0 Å². The van der Waals surface area contributed by atoms with Crippen LogP contribution in [0.25, 0.3) is 0 Å². The summed E-state index contributed by atoms with van der Waals surface area (Å²) in [6.45, 7) is 2.45. The van der Waals surface area contributed by atoms with Crippen molar-refractivity contribution < 1.29 is 24.3 Å². The number of nitrogens with zero attached hydrogens (tertiary/aromatic N) is 3. The lowest BCUT2D eigenvalue weighted by Gasteiger charge is -2.04. The highest BCUT2D eigenvalue weighted by Crippen LogP contribution is 2.34. The maximum atomic E-state index is 10.9. The number of ether oxygens (including phenoxy) is 1. The summed E-state index contributed by atoms with van der Waals surface area (Å²) in [6, 6.07) is 1.09. The average Bonchev–Trinajstić information content (AvgIpc) is 2.43. The van der Waals surface area contributed by atoms with E-state index in [0.717, 1.165) is 6.08 Å². The first-order valence-electron chi connectivity index (χ1n) is 5.17. The molecular formula is C10H7N3O8. The fourth-order valence-corrected chi connectivity index (χ4v) is 1.39. The van der Waals surface area contributed by atoms with Gasteiger partial charge in [0.2, 0.25) is 0 Å².